The number of alkyl halides is 3. The normalized spacial score (nSPS) is 13.6. The number of ether oxygens (including phenoxy) is 1. The molecule has 0 heterocycles. The van der Waals surface area contributed by atoms with Crippen LogP contribution in [0.4, 0.5) is 17.6 Å². The van der Waals surface area contributed by atoms with E-state index in [9.17, 15) is 17.6 Å². The van der Waals surface area contributed by atoms with Gasteiger partial charge in [-0.25, -0.2) is 4.39 Å². The summed E-state index contributed by atoms with van der Waals surface area (Å²) in [5.41, 5.74) is 0.901. The lowest BCUT2D eigenvalue weighted by Crippen LogP contribution is -2.28. The number of nitrogens with one attached hydrogen (secondary N) is 1. The van der Waals surface area contributed by atoms with Crippen LogP contribution in [0.1, 0.15) is 24.1 Å². The highest BCUT2D eigenvalue weighted by Crippen LogP contribution is 2.27. The van der Waals surface area contributed by atoms with E-state index in [0.717, 1.165) is 6.07 Å². The van der Waals surface area contributed by atoms with Crippen molar-refractivity contribution in [3.8, 4) is 0 Å². The number of likely N-dealkylation sites (N-methyl/N-ethyl adjacent to an activating group) is 1. The van der Waals surface area contributed by atoms with Gasteiger partial charge < -0.3 is 10.1 Å². The van der Waals surface area contributed by atoms with E-state index in [1.165, 1.54) is 6.07 Å². The molecule has 0 fully saturated rings. The van der Waals surface area contributed by atoms with Crippen molar-refractivity contribution >= 4 is 11.6 Å². The Balaban J connectivity index is 2.83. The van der Waals surface area contributed by atoms with Gasteiger partial charge in [-0.1, -0.05) is 24.6 Å². The molecule has 0 spiro atoms. The Kier molecular flexibility index (Phi) is 6.23. The van der Waals surface area contributed by atoms with E-state index in [-0.39, 0.29) is 11.6 Å². The molecule has 1 aromatic rings. The summed E-state index contributed by atoms with van der Waals surface area (Å²) in [5, 5.41) is 3.14. The van der Waals surface area contributed by atoms with E-state index in [0.29, 0.717) is 17.7 Å². The summed E-state index contributed by atoms with van der Waals surface area (Å²) in [6.07, 6.45) is -4.38. The van der Waals surface area contributed by atoms with Crippen LogP contribution in [0, 0.1) is 12.7 Å². The van der Waals surface area contributed by atoms with Crippen molar-refractivity contribution in [2.24, 2.45) is 0 Å². The van der Waals surface area contributed by atoms with Crippen molar-refractivity contribution in [3.05, 3.63) is 34.1 Å². The minimum atomic E-state index is -4.38. The van der Waals surface area contributed by atoms with Crippen LogP contribution >= 0.6 is 11.6 Å². The van der Waals surface area contributed by atoms with Gasteiger partial charge in [-0.3, -0.25) is 0 Å². The molecule has 1 N–H and O–H groups in total. The van der Waals surface area contributed by atoms with Crippen LogP contribution in [0.5, 0.6) is 0 Å². The summed E-state index contributed by atoms with van der Waals surface area (Å²) < 4.78 is 54.2. The van der Waals surface area contributed by atoms with Gasteiger partial charge in [0.05, 0.1) is 12.6 Å². The number of hydrogen-bond donors (Lipinski definition) is 1. The van der Waals surface area contributed by atoms with Crippen LogP contribution in [0.25, 0.3) is 0 Å². The molecule has 2 nitrogen and oxygen atoms in total. The Morgan fingerprint density at radius 1 is 1.35 bits per heavy atom. The van der Waals surface area contributed by atoms with E-state index in [1.807, 2.05) is 0 Å². The smallest absolute Gasteiger partial charge is 0.370 e. The highest BCUT2D eigenvalue weighted by atomic mass is 35.5. The molecule has 0 radical (unpaired) electrons. The van der Waals surface area contributed by atoms with Crippen LogP contribution in [-0.2, 0) is 4.74 Å². The van der Waals surface area contributed by atoms with E-state index < -0.39 is 24.6 Å². The fourth-order valence-electron chi connectivity index (χ4n) is 1.74. The summed E-state index contributed by atoms with van der Waals surface area (Å²) in [7, 11) is 0. The molecule has 0 aliphatic rings. The second-order valence-electron chi connectivity index (χ2n) is 4.36. The Hall–Kier alpha value is -0.850. The predicted molar refractivity (Wildman–Crippen MR) is 69.4 cm³/mol. The molecule has 0 aliphatic heterocycles. The van der Waals surface area contributed by atoms with Crippen molar-refractivity contribution < 1.29 is 22.3 Å². The van der Waals surface area contributed by atoms with E-state index in [1.54, 1.807) is 13.8 Å². The lowest BCUT2D eigenvalue weighted by atomic mass is 10.0. The van der Waals surface area contributed by atoms with Crippen molar-refractivity contribution in [1.82, 2.24) is 5.32 Å². The van der Waals surface area contributed by atoms with Crippen molar-refractivity contribution in [3.63, 3.8) is 0 Å². The summed E-state index contributed by atoms with van der Waals surface area (Å²) in [5.74, 6) is -0.454. The molecular formula is C13H16ClF4NO. The van der Waals surface area contributed by atoms with E-state index in [4.69, 9.17) is 11.6 Å². The highest BCUT2D eigenvalue weighted by Gasteiger charge is 2.28. The molecule has 20 heavy (non-hydrogen) atoms. The molecule has 0 saturated carbocycles. The van der Waals surface area contributed by atoms with Crippen LogP contribution in [0.2, 0.25) is 5.02 Å². The number of halogens is 5. The van der Waals surface area contributed by atoms with Gasteiger partial charge >= 0.3 is 6.18 Å². The average molecular weight is 314 g/mol. The third-order valence-corrected chi connectivity index (χ3v) is 2.98. The molecule has 1 aromatic carbocycles. The summed E-state index contributed by atoms with van der Waals surface area (Å²) in [6, 6.07) is 2.15. The molecule has 1 unspecified atom stereocenters. The summed E-state index contributed by atoms with van der Waals surface area (Å²) in [4.78, 5) is 0. The first-order valence-electron chi connectivity index (χ1n) is 6.08. The topological polar surface area (TPSA) is 21.3 Å². The average Bonchev–Trinajstić information content (AvgIpc) is 2.31. The highest BCUT2D eigenvalue weighted by molar-refractivity contribution is 6.31. The molecule has 0 bridgehead atoms. The van der Waals surface area contributed by atoms with Crippen molar-refractivity contribution in [1.29, 1.82) is 0 Å². The fraction of sp³-hybridized carbons (Fsp3) is 0.538. The maximum absolute atomic E-state index is 13.3. The van der Waals surface area contributed by atoms with Gasteiger partial charge in [-0.05, 0) is 30.7 Å². The third-order valence-electron chi connectivity index (χ3n) is 2.65. The lowest BCUT2D eigenvalue weighted by Gasteiger charge is -2.21. The van der Waals surface area contributed by atoms with E-state index >= 15 is 0 Å². The summed E-state index contributed by atoms with van der Waals surface area (Å²) in [6.45, 7) is 2.37. The predicted octanol–water partition coefficient (Wildman–Crippen LogP) is 4.02. The molecule has 0 aliphatic carbocycles. The fourth-order valence-corrected chi connectivity index (χ4v) is 2.03. The lowest BCUT2D eigenvalue weighted by molar-refractivity contribution is -0.175. The number of aryl methyl sites for hydroxylation is 1. The first kappa shape index (κ1) is 17.2. The molecule has 1 atom stereocenters. The second-order valence-corrected chi connectivity index (χ2v) is 4.77. The maximum atomic E-state index is 13.3. The van der Waals surface area contributed by atoms with Crippen molar-refractivity contribution in [2.75, 3.05) is 19.8 Å². The molecular weight excluding hydrogens is 298 g/mol. The minimum Gasteiger partial charge on any atom is -0.370 e. The molecule has 1 rings (SSSR count). The second kappa shape index (κ2) is 7.24. The van der Waals surface area contributed by atoms with Gasteiger partial charge in [0.1, 0.15) is 12.4 Å². The first-order chi connectivity index (χ1) is 9.24. The standard InChI is InChI=1S/C13H16ClF4NO/c1-3-19-12(6-20-7-13(16,17)18)9-4-8(2)11(15)5-10(9)14/h4-5,12,19H,3,6-7H2,1-2H3. The molecule has 7 heteroatoms. The Labute approximate surface area is 120 Å². The number of rotatable bonds is 6. The van der Waals surface area contributed by atoms with Gasteiger partial charge in [0.25, 0.3) is 0 Å². The van der Waals surface area contributed by atoms with Gasteiger partial charge in [0, 0.05) is 5.02 Å². The Bertz CT molecular complexity index is 451. The first-order valence-corrected chi connectivity index (χ1v) is 6.45. The van der Waals surface area contributed by atoms with Crippen molar-refractivity contribution in [2.45, 2.75) is 26.1 Å². The zero-order chi connectivity index (χ0) is 15.3. The zero-order valence-electron chi connectivity index (χ0n) is 11.2. The summed E-state index contributed by atoms with van der Waals surface area (Å²) >= 11 is 5.94. The number of hydrogen-bond acceptors (Lipinski definition) is 2. The molecule has 114 valence electrons. The van der Waals surface area contributed by atoms with Crippen LogP contribution < -0.4 is 5.32 Å². The quantitative estimate of drug-likeness (QED) is 0.801. The zero-order valence-corrected chi connectivity index (χ0v) is 11.9. The SMILES string of the molecule is CCNC(COCC(F)(F)F)c1cc(C)c(F)cc1Cl. The molecule has 0 aromatic heterocycles. The van der Waals surface area contributed by atoms with Crippen LogP contribution in [-0.4, -0.2) is 25.9 Å². The monoisotopic (exact) mass is 313 g/mol. The Morgan fingerprint density at radius 3 is 2.55 bits per heavy atom. The largest absolute Gasteiger partial charge is 0.411 e. The van der Waals surface area contributed by atoms with Gasteiger partial charge in [0.2, 0.25) is 0 Å². The maximum Gasteiger partial charge on any atom is 0.411 e. The van der Waals surface area contributed by atoms with E-state index in [2.05, 4.69) is 10.1 Å². The van der Waals surface area contributed by atoms with Crippen LogP contribution in [0.15, 0.2) is 12.1 Å². The molecule has 0 saturated heterocycles. The number of benzene rings is 1. The minimum absolute atomic E-state index is 0.162. The van der Waals surface area contributed by atoms with Gasteiger partial charge in [0.15, 0.2) is 0 Å². The van der Waals surface area contributed by atoms with Gasteiger partial charge in [-0.2, -0.15) is 13.2 Å². The Morgan fingerprint density at radius 2 is 2.00 bits per heavy atom. The van der Waals surface area contributed by atoms with Gasteiger partial charge in [-0.15, -0.1) is 0 Å². The molecule has 0 amide bonds. The van der Waals surface area contributed by atoms with Crippen LogP contribution in [0.3, 0.4) is 0 Å². The third kappa shape index (κ3) is 5.26.